The number of oxime groups is 1. The van der Waals surface area contributed by atoms with Crippen LogP contribution in [0, 0.1) is 0 Å². The van der Waals surface area contributed by atoms with Crippen molar-refractivity contribution >= 4 is 23.1 Å². The van der Waals surface area contributed by atoms with Gasteiger partial charge in [-0.1, -0.05) is 16.5 Å². The molecule has 0 saturated carbocycles. The summed E-state index contributed by atoms with van der Waals surface area (Å²) in [5.74, 6) is -0.469. The van der Waals surface area contributed by atoms with Gasteiger partial charge in [-0.25, -0.2) is 0 Å². The van der Waals surface area contributed by atoms with Crippen molar-refractivity contribution in [3.05, 3.63) is 50.3 Å². The van der Waals surface area contributed by atoms with Crippen LogP contribution in [-0.4, -0.2) is 26.9 Å². The second kappa shape index (κ2) is 5.97. The Bertz CT molecular complexity index is 689. The molecule has 0 bridgehead atoms. The molecule has 2 aromatic rings. The normalized spacial score (nSPS) is 11.3. The van der Waals surface area contributed by atoms with Crippen molar-refractivity contribution in [2.24, 2.45) is 10.9 Å². The summed E-state index contributed by atoms with van der Waals surface area (Å²) in [6.45, 7) is 0.210. The number of aromatic nitrogens is 2. The number of nitrogens with zero attached hydrogens (tertiary/aromatic N) is 2. The molecule has 0 unspecified atom stereocenters. The van der Waals surface area contributed by atoms with Gasteiger partial charge in [-0.05, 0) is 12.1 Å². The molecule has 0 aliphatic heterocycles. The lowest BCUT2D eigenvalue weighted by Crippen LogP contribution is -2.24. The SMILES string of the molecule is N/C(=N/O)c1ccc(C(=O)NCc2csc(=O)[nH]2)nc1. The summed E-state index contributed by atoms with van der Waals surface area (Å²) in [4.78, 5) is 29.1. The fraction of sp³-hybridized carbons (Fsp3) is 0.0909. The number of hydrogen-bond acceptors (Lipinski definition) is 6. The molecular weight excluding hydrogens is 282 g/mol. The Morgan fingerprint density at radius 3 is 2.90 bits per heavy atom. The van der Waals surface area contributed by atoms with Crippen molar-refractivity contribution in [1.82, 2.24) is 15.3 Å². The lowest BCUT2D eigenvalue weighted by atomic mass is 10.2. The molecule has 5 N–H and O–H groups in total. The first-order valence-electron chi connectivity index (χ1n) is 5.49. The Morgan fingerprint density at radius 2 is 2.35 bits per heavy atom. The predicted octanol–water partition coefficient (Wildman–Crippen LogP) is -0.144. The minimum atomic E-state index is -0.386. The maximum absolute atomic E-state index is 11.8. The van der Waals surface area contributed by atoms with Gasteiger partial charge in [0.1, 0.15) is 5.69 Å². The maximum Gasteiger partial charge on any atom is 0.304 e. The number of nitrogens with one attached hydrogen (secondary N) is 2. The van der Waals surface area contributed by atoms with E-state index < -0.39 is 0 Å². The zero-order valence-electron chi connectivity index (χ0n) is 10.2. The molecule has 0 spiro atoms. The minimum absolute atomic E-state index is 0.0830. The van der Waals surface area contributed by atoms with Gasteiger partial charge in [0.25, 0.3) is 5.91 Å². The van der Waals surface area contributed by atoms with Crippen LogP contribution < -0.4 is 15.9 Å². The van der Waals surface area contributed by atoms with Gasteiger partial charge in [0.05, 0.1) is 6.54 Å². The number of amidine groups is 1. The predicted molar refractivity (Wildman–Crippen MR) is 72.9 cm³/mol. The van der Waals surface area contributed by atoms with Gasteiger partial charge in [0.2, 0.25) is 0 Å². The number of hydrogen-bond donors (Lipinski definition) is 4. The molecule has 8 nitrogen and oxygen atoms in total. The lowest BCUT2D eigenvalue weighted by Gasteiger charge is -2.04. The zero-order valence-corrected chi connectivity index (χ0v) is 11.0. The van der Waals surface area contributed by atoms with Crippen LogP contribution in [0.4, 0.5) is 0 Å². The number of carbonyl (C=O) groups is 1. The number of nitrogens with two attached hydrogens (primary N) is 1. The average Bonchev–Trinajstić information content (AvgIpc) is 2.89. The van der Waals surface area contributed by atoms with Crippen molar-refractivity contribution < 1.29 is 10.0 Å². The second-order valence-electron chi connectivity index (χ2n) is 3.77. The van der Waals surface area contributed by atoms with Gasteiger partial charge in [0.15, 0.2) is 5.84 Å². The number of aromatic amines is 1. The van der Waals surface area contributed by atoms with E-state index in [0.717, 1.165) is 11.3 Å². The summed E-state index contributed by atoms with van der Waals surface area (Å²) < 4.78 is 0. The highest BCUT2D eigenvalue weighted by molar-refractivity contribution is 7.07. The van der Waals surface area contributed by atoms with Crippen LogP contribution in [0.2, 0.25) is 0 Å². The average molecular weight is 293 g/mol. The summed E-state index contributed by atoms with van der Waals surface area (Å²) in [6.07, 6.45) is 1.33. The highest BCUT2D eigenvalue weighted by atomic mass is 32.1. The third-order valence-electron chi connectivity index (χ3n) is 2.41. The molecule has 0 fully saturated rings. The molecule has 9 heteroatoms. The molecule has 0 aliphatic carbocycles. The summed E-state index contributed by atoms with van der Waals surface area (Å²) in [7, 11) is 0. The molecule has 20 heavy (non-hydrogen) atoms. The molecule has 2 aromatic heterocycles. The summed E-state index contributed by atoms with van der Waals surface area (Å²) in [6, 6.07) is 2.97. The van der Waals surface area contributed by atoms with Crippen molar-refractivity contribution in [2.75, 3.05) is 0 Å². The Labute approximate surface area is 117 Å². The first-order valence-corrected chi connectivity index (χ1v) is 6.37. The van der Waals surface area contributed by atoms with Gasteiger partial charge in [-0.3, -0.25) is 14.6 Å². The van der Waals surface area contributed by atoms with Gasteiger partial charge in [0, 0.05) is 22.8 Å². The van der Waals surface area contributed by atoms with Gasteiger partial charge in [-0.15, -0.1) is 0 Å². The van der Waals surface area contributed by atoms with Crippen molar-refractivity contribution in [2.45, 2.75) is 6.54 Å². The Kier molecular flexibility index (Phi) is 4.11. The summed E-state index contributed by atoms with van der Waals surface area (Å²) in [5.41, 5.74) is 6.61. The second-order valence-corrected chi connectivity index (χ2v) is 4.62. The Morgan fingerprint density at radius 1 is 1.55 bits per heavy atom. The van der Waals surface area contributed by atoms with Crippen LogP contribution >= 0.6 is 11.3 Å². The quantitative estimate of drug-likeness (QED) is 0.269. The standard InChI is InChI=1S/C11H11N5O3S/c12-9(16-19)6-1-2-8(13-3-6)10(17)14-4-7-5-20-11(18)15-7/h1-3,5,19H,4H2,(H2,12,16)(H,14,17)(H,15,18). The zero-order chi connectivity index (χ0) is 14.5. The van der Waals surface area contributed by atoms with E-state index in [0.29, 0.717) is 11.3 Å². The number of H-pyrrole nitrogens is 1. The van der Waals surface area contributed by atoms with Crippen molar-refractivity contribution in [1.29, 1.82) is 0 Å². The molecule has 1 amide bonds. The van der Waals surface area contributed by atoms with Crippen LogP contribution in [0.1, 0.15) is 21.7 Å². The van der Waals surface area contributed by atoms with Gasteiger partial charge >= 0.3 is 4.87 Å². The molecule has 0 aliphatic rings. The van der Waals surface area contributed by atoms with Crippen molar-refractivity contribution in [3.8, 4) is 0 Å². The Balaban J connectivity index is 2.00. The first-order chi connectivity index (χ1) is 9.60. The van der Waals surface area contributed by atoms with E-state index in [2.05, 4.69) is 20.4 Å². The van der Waals surface area contributed by atoms with E-state index in [1.807, 2.05) is 0 Å². The third kappa shape index (κ3) is 3.20. The van der Waals surface area contributed by atoms with Gasteiger partial charge < -0.3 is 21.2 Å². The highest BCUT2D eigenvalue weighted by Crippen LogP contribution is 2.01. The maximum atomic E-state index is 11.8. The smallest absolute Gasteiger partial charge is 0.304 e. The van der Waals surface area contributed by atoms with E-state index >= 15 is 0 Å². The first kappa shape index (κ1) is 13.7. The van der Waals surface area contributed by atoms with E-state index in [4.69, 9.17) is 10.9 Å². The lowest BCUT2D eigenvalue weighted by molar-refractivity contribution is 0.0945. The van der Waals surface area contributed by atoms with E-state index in [-0.39, 0.29) is 28.9 Å². The Hall–Kier alpha value is -2.68. The summed E-state index contributed by atoms with van der Waals surface area (Å²) in [5, 5.41) is 15.6. The van der Waals surface area contributed by atoms with E-state index in [1.165, 1.54) is 18.3 Å². The third-order valence-corrected chi connectivity index (χ3v) is 3.13. The number of amides is 1. The molecule has 2 heterocycles. The van der Waals surface area contributed by atoms with Crippen LogP contribution in [-0.2, 0) is 6.54 Å². The molecule has 0 radical (unpaired) electrons. The van der Waals surface area contributed by atoms with Crippen molar-refractivity contribution in [3.63, 3.8) is 0 Å². The molecule has 0 aromatic carbocycles. The fourth-order valence-corrected chi connectivity index (χ4v) is 1.99. The number of pyridine rings is 1. The van der Waals surface area contributed by atoms with E-state index in [9.17, 15) is 9.59 Å². The number of carbonyl (C=O) groups excluding carboxylic acids is 1. The monoisotopic (exact) mass is 293 g/mol. The van der Waals surface area contributed by atoms with Crippen LogP contribution in [0.3, 0.4) is 0 Å². The fourth-order valence-electron chi connectivity index (χ4n) is 1.40. The molecule has 0 atom stereocenters. The van der Waals surface area contributed by atoms with E-state index in [1.54, 1.807) is 5.38 Å². The molecule has 0 saturated heterocycles. The van der Waals surface area contributed by atoms with Crippen LogP contribution in [0.25, 0.3) is 0 Å². The molecular formula is C11H11N5O3S. The number of rotatable bonds is 4. The topological polar surface area (TPSA) is 133 Å². The highest BCUT2D eigenvalue weighted by Gasteiger charge is 2.08. The number of thiazole rings is 1. The van der Waals surface area contributed by atoms with Crippen LogP contribution in [0.5, 0.6) is 0 Å². The molecule has 2 rings (SSSR count). The van der Waals surface area contributed by atoms with Crippen LogP contribution in [0.15, 0.2) is 33.7 Å². The minimum Gasteiger partial charge on any atom is -0.409 e. The summed E-state index contributed by atoms with van der Waals surface area (Å²) >= 11 is 1.03. The molecule has 104 valence electrons. The van der Waals surface area contributed by atoms with Gasteiger partial charge in [-0.2, -0.15) is 0 Å². The largest absolute Gasteiger partial charge is 0.409 e.